The Hall–Kier alpha value is -2.38. The summed E-state index contributed by atoms with van der Waals surface area (Å²) in [7, 11) is 0. The lowest BCUT2D eigenvalue weighted by Gasteiger charge is -2.05. The van der Waals surface area contributed by atoms with Crippen LogP contribution in [0.2, 0.25) is 0 Å². The number of alkyl halides is 3. The van der Waals surface area contributed by atoms with E-state index in [0.29, 0.717) is 5.69 Å². The van der Waals surface area contributed by atoms with Crippen LogP contribution < -0.4 is 0 Å². The molecule has 0 aliphatic heterocycles. The number of ether oxygens (including phenoxy) is 1. The molecule has 5 nitrogen and oxygen atoms in total. The van der Waals surface area contributed by atoms with E-state index in [1.807, 2.05) is 0 Å². The lowest BCUT2D eigenvalue weighted by molar-refractivity contribution is -0.161. The van der Waals surface area contributed by atoms with Crippen molar-refractivity contribution in [2.45, 2.75) is 6.18 Å². The zero-order valence-corrected chi connectivity index (χ0v) is 9.46. The van der Waals surface area contributed by atoms with Gasteiger partial charge in [0, 0.05) is 0 Å². The minimum Gasteiger partial charge on any atom is -0.451 e. The summed E-state index contributed by atoms with van der Waals surface area (Å²) < 4.78 is 41.0. The Kier molecular flexibility index (Phi) is 3.50. The molecule has 8 heteroatoms. The molecule has 0 unspecified atom stereocenters. The highest BCUT2D eigenvalue weighted by atomic mass is 19.4. The predicted octanol–water partition coefficient (Wildman–Crippen LogP) is 1.99. The summed E-state index contributed by atoms with van der Waals surface area (Å²) in [5.74, 6) is -1.17. The SMILES string of the molecule is O=C(OCC(F)(F)F)c1cn(-c2ccccc2)nn1. The monoisotopic (exact) mass is 271 g/mol. The van der Waals surface area contributed by atoms with Crippen molar-refractivity contribution in [2.75, 3.05) is 6.61 Å². The normalized spacial score (nSPS) is 11.3. The maximum atomic E-state index is 11.9. The molecule has 0 atom stereocenters. The number of halogens is 3. The maximum absolute atomic E-state index is 11.9. The van der Waals surface area contributed by atoms with Crippen LogP contribution in [0.5, 0.6) is 0 Å². The Labute approximate surface area is 105 Å². The van der Waals surface area contributed by atoms with Gasteiger partial charge < -0.3 is 4.74 Å². The molecule has 0 amide bonds. The van der Waals surface area contributed by atoms with Crippen molar-refractivity contribution in [1.82, 2.24) is 15.0 Å². The van der Waals surface area contributed by atoms with Gasteiger partial charge in [0.1, 0.15) is 0 Å². The Balaban J connectivity index is 2.07. The summed E-state index contributed by atoms with van der Waals surface area (Å²) in [6.07, 6.45) is -3.36. The van der Waals surface area contributed by atoms with Gasteiger partial charge in [-0.25, -0.2) is 9.48 Å². The number of nitrogens with zero attached hydrogens (tertiary/aromatic N) is 3. The number of rotatable bonds is 3. The number of para-hydroxylation sites is 1. The maximum Gasteiger partial charge on any atom is 0.422 e. The summed E-state index contributed by atoms with van der Waals surface area (Å²) in [6.45, 7) is -1.65. The van der Waals surface area contributed by atoms with Crippen LogP contribution in [0.4, 0.5) is 13.2 Å². The van der Waals surface area contributed by atoms with Crippen molar-refractivity contribution in [2.24, 2.45) is 0 Å². The van der Waals surface area contributed by atoms with E-state index in [0.717, 1.165) is 0 Å². The molecular formula is C11H8F3N3O2. The number of esters is 1. The van der Waals surface area contributed by atoms with E-state index in [2.05, 4.69) is 15.0 Å². The first-order chi connectivity index (χ1) is 8.96. The lowest BCUT2D eigenvalue weighted by Crippen LogP contribution is -2.20. The fourth-order valence-corrected chi connectivity index (χ4v) is 1.29. The van der Waals surface area contributed by atoms with Crippen LogP contribution in [-0.4, -0.2) is 33.7 Å². The van der Waals surface area contributed by atoms with E-state index in [9.17, 15) is 18.0 Å². The molecule has 19 heavy (non-hydrogen) atoms. The Bertz CT molecular complexity index is 566. The van der Waals surface area contributed by atoms with Gasteiger partial charge in [0.05, 0.1) is 11.9 Å². The van der Waals surface area contributed by atoms with Crippen LogP contribution in [0, 0.1) is 0 Å². The van der Waals surface area contributed by atoms with Gasteiger partial charge >= 0.3 is 12.1 Å². The van der Waals surface area contributed by atoms with Crippen LogP contribution >= 0.6 is 0 Å². The highest BCUT2D eigenvalue weighted by Gasteiger charge is 2.30. The molecule has 0 aliphatic carbocycles. The second-order valence-corrected chi connectivity index (χ2v) is 3.58. The van der Waals surface area contributed by atoms with E-state index in [1.165, 1.54) is 10.9 Å². The third-order valence-electron chi connectivity index (χ3n) is 2.09. The van der Waals surface area contributed by atoms with Crippen LogP contribution in [-0.2, 0) is 4.74 Å². The van der Waals surface area contributed by atoms with Crippen molar-refractivity contribution in [3.8, 4) is 5.69 Å². The molecule has 0 bridgehead atoms. The standard InChI is InChI=1S/C11H8F3N3O2/c12-11(13,14)7-19-10(18)9-6-17(16-15-9)8-4-2-1-3-5-8/h1-6H,7H2. The van der Waals surface area contributed by atoms with Crippen LogP contribution in [0.25, 0.3) is 5.69 Å². The molecule has 0 aliphatic rings. The van der Waals surface area contributed by atoms with Crippen molar-refractivity contribution in [1.29, 1.82) is 0 Å². The third kappa shape index (κ3) is 3.54. The smallest absolute Gasteiger partial charge is 0.422 e. The lowest BCUT2D eigenvalue weighted by atomic mass is 10.3. The average molecular weight is 271 g/mol. The molecule has 100 valence electrons. The molecule has 0 fully saturated rings. The van der Waals surface area contributed by atoms with E-state index in [4.69, 9.17) is 0 Å². The Morgan fingerprint density at radius 3 is 2.58 bits per heavy atom. The average Bonchev–Trinajstić information content (AvgIpc) is 2.86. The summed E-state index contributed by atoms with van der Waals surface area (Å²) in [6, 6.07) is 8.70. The van der Waals surface area contributed by atoms with Gasteiger partial charge in [-0.2, -0.15) is 13.2 Å². The quantitative estimate of drug-likeness (QED) is 0.801. The Morgan fingerprint density at radius 1 is 1.26 bits per heavy atom. The number of aromatic nitrogens is 3. The van der Waals surface area contributed by atoms with Gasteiger partial charge in [0.15, 0.2) is 12.3 Å². The molecule has 0 spiro atoms. The zero-order valence-electron chi connectivity index (χ0n) is 9.46. The van der Waals surface area contributed by atoms with Crippen LogP contribution in [0.3, 0.4) is 0 Å². The van der Waals surface area contributed by atoms with Gasteiger partial charge in [-0.3, -0.25) is 0 Å². The fraction of sp³-hybridized carbons (Fsp3) is 0.182. The second-order valence-electron chi connectivity index (χ2n) is 3.58. The van der Waals surface area contributed by atoms with Crippen molar-refractivity contribution in [3.63, 3.8) is 0 Å². The van der Waals surface area contributed by atoms with Gasteiger partial charge in [0.25, 0.3) is 0 Å². The first-order valence-electron chi connectivity index (χ1n) is 5.17. The van der Waals surface area contributed by atoms with E-state index >= 15 is 0 Å². The number of hydrogen-bond acceptors (Lipinski definition) is 4. The highest BCUT2D eigenvalue weighted by Crippen LogP contribution is 2.15. The molecule has 1 heterocycles. The largest absolute Gasteiger partial charge is 0.451 e. The molecule has 0 saturated heterocycles. The molecular weight excluding hydrogens is 263 g/mol. The zero-order chi connectivity index (χ0) is 13.9. The highest BCUT2D eigenvalue weighted by molar-refractivity contribution is 5.86. The summed E-state index contributed by atoms with van der Waals surface area (Å²) in [4.78, 5) is 11.3. The number of carbonyl (C=O) groups excluding carboxylic acids is 1. The fourth-order valence-electron chi connectivity index (χ4n) is 1.29. The van der Waals surface area contributed by atoms with Gasteiger partial charge in [0.2, 0.25) is 0 Å². The van der Waals surface area contributed by atoms with Gasteiger partial charge in [-0.05, 0) is 12.1 Å². The van der Waals surface area contributed by atoms with Gasteiger partial charge in [-0.1, -0.05) is 23.4 Å². The van der Waals surface area contributed by atoms with Crippen molar-refractivity contribution in [3.05, 3.63) is 42.2 Å². The van der Waals surface area contributed by atoms with E-state index in [1.54, 1.807) is 30.3 Å². The second kappa shape index (κ2) is 5.09. The summed E-state index contributed by atoms with van der Waals surface area (Å²) >= 11 is 0. The summed E-state index contributed by atoms with van der Waals surface area (Å²) in [5.41, 5.74) is 0.345. The minimum absolute atomic E-state index is 0.284. The Morgan fingerprint density at radius 2 is 1.95 bits per heavy atom. The first kappa shape index (κ1) is 13.1. The molecule has 2 rings (SSSR count). The molecule has 2 aromatic rings. The molecule has 0 N–H and O–H groups in total. The molecule has 1 aromatic carbocycles. The summed E-state index contributed by atoms with van der Waals surface area (Å²) in [5, 5.41) is 7.10. The predicted molar refractivity (Wildman–Crippen MR) is 57.7 cm³/mol. The molecule has 1 aromatic heterocycles. The number of carbonyl (C=O) groups is 1. The first-order valence-corrected chi connectivity index (χ1v) is 5.17. The third-order valence-corrected chi connectivity index (χ3v) is 2.09. The minimum atomic E-state index is -4.56. The van der Waals surface area contributed by atoms with Crippen molar-refractivity contribution >= 4 is 5.97 Å². The van der Waals surface area contributed by atoms with Crippen LogP contribution in [0.1, 0.15) is 10.5 Å². The van der Waals surface area contributed by atoms with E-state index < -0.39 is 18.8 Å². The van der Waals surface area contributed by atoms with Crippen molar-refractivity contribution < 1.29 is 22.7 Å². The topological polar surface area (TPSA) is 57.0 Å². The van der Waals surface area contributed by atoms with Gasteiger partial charge in [-0.15, -0.1) is 5.10 Å². The molecule has 0 saturated carbocycles. The number of hydrogen-bond donors (Lipinski definition) is 0. The van der Waals surface area contributed by atoms with Crippen LogP contribution in [0.15, 0.2) is 36.5 Å². The number of benzene rings is 1. The van der Waals surface area contributed by atoms with E-state index in [-0.39, 0.29) is 5.69 Å². The molecule has 0 radical (unpaired) electrons.